The molecule has 0 fully saturated rings. The van der Waals surface area contributed by atoms with Crippen molar-refractivity contribution in [2.75, 3.05) is 0 Å². The number of primary amides is 2. The van der Waals surface area contributed by atoms with Crippen LogP contribution in [0, 0.1) is 5.92 Å². The second-order valence-corrected chi connectivity index (χ2v) is 5.06. The molecule has 0 saturated heterocycles. The highest BCUT2D eigenvalue weighted by atomic mass is 16.2. The Balaban J connectivity index is 2.43. The van der Waals surface area contributed by atoms with Gasteiger partial charge in [-0.2, -0.15) is 0 Å². The van der Waals surface area contributed by atoms with Crippen molar-refractivity contribution in [3.05, 3.63) is 53.1 Å². The third-order valence-corrected chi connectivity index (χ3v) is 4.27. The van der Waals surface area contributed by atoms with Gasteiger partial charge in [-0.25, -0.2) is 0 Å². The Morgan fingerprint density at radius 1 is 1.16 bits per heavy atom. The zero-order valence-electron chi connectivity index (χ0n) is 10.5. The lowest BCUT2D eigenvalue weighted by Crippen LogP contribution is -2.49. The summed E-state index contributed by atoms with van der Waals surface area (Å²) in [6, 6.07) is 7.55. The van der Waals surface area contributed by atoms with Crippen molar-refractivity contribution in [1.29, 1.82) is 0 Å². The van der Waals surface area contributed by atoms with Gasteiger partial charge >= 0.3 is 0 Å². The molecule has 0 saturated carbocycles. The van der Waals surface area contributed by atoms with Gasteiger partial charge < -0.3 is 11.5 Å². The fourth-order valence-corrected chi connectivity index (χ4v) is 3.22. The SMILES string of the molecule is CC1C(C(N)=O)=C2C=CC1(C(N)=O)c1ccc2cc1. The number of hydrogen-bond acceptors (Lipinski definition) is 2. The molecule has 4 nitrogen and oxygen atoms in total. The van der Waals surface area contributed by atoms with E-state index in [4.69, 9.17) is 11.5 Å². The van der Waals surface area contributed by atoms with E-state index >= 15 is 0 Å². The van der Waals surface area contributed by atoms with E-state index in [1.807, 2.05) is 31.2 Å². The van der Waals surface area contributed by atoms with Gasteiger partial charge in [0.05, 0.1) is 5.41 Å². The fraction of sp³-hybridized carbons (Fsp3) is 0.200. The van der Waals surface area contributed by atoms with Crippen molar-refractivity contribution < 1.29 is 9.59 Å². The van der Waals surface area contributed by atoms with Crippen molar-refractivity contribution in [1.82, 2.24) is 0 Å². The first-order valence-corrected chi connectivity index (χ1v) is 6.12. The van der Waals surface area contributed by atoms with Gasteiger partial charge in [-0.05, 0) is 16.7 Å². The van der Waals surface area contributed by atoms with Crippen LogP contribution in [0.5, 0.6) is 0 Å². The maximum Gasteiger partial charge on any atom is 0.245 e. The summed E-state index contributed by atoms with van der Waals surface area (Å²) in [5.74, 6) is -1.33. The van der Waals surface area contributed by atoms with E-state index in [9.17, 15) is 9.59 Å². The van der Waals surface area contributed by atoms with E-state index in [1.54, 1.807) is 12.2 Å². The number of hydrogen-bond donors (Lipinski definition) is 2. The molecule has 19 heavy (non-hydrogen) atoms. The van der Waals surface area contributed by atoms with Gasteiger partial charge in [0, 0.05) is 11.5 Å². The molecule has 4 N–H and O–H groups in total. The second kappa shape index (κ2) is 3.57. The monoisotopic (exact) mass is 254 g/mol. The first-order valence-electron chi connectivity index (χ1n) is 6.12. The number of allylic oxidation sites excluding steroid dienone is 2. The zero-order valence-corrected chi connectivity index (χ0v) is 10.5. The third kappa shape index (κ3) is 1.28. The molecule has 2 atom stereocenters. The summed E-state index contributed by atoms with van der Waals surface area (Å²) in [5, 5.41) is 0. The molecule has 1 aromatic rings. The molecule has 0 aliphatic heterocycles. The summed E-state index contributed by atoms with van der Waals surface area (Å²) in [4.78, 5) is 23.8. The quantitative estimate of drug-likeness (QED) is 0.820. The van der Waals surface area contributed by atoms with Crippen molar-refractivity contribution >= 4 is 17.4 Å². The van der Waals surface area contributed by atoms with E-state index in [0.717, 1.165) is 16.7 Å². The Morgan fingerprint density at radius 3 is 2.32 bits per heavy atom. The molecular formula is C15H14N2O2. The van der Waals surface area contributed by atoms with Gasteiger partial charge in [-0.1, -0.05) is 43.3 Å². The highest BCUT2D eigenvalue weighted by Gasteiger charge is 2.48. The lowest BCUT2D eigenvalue weighted by molar-refractivity contribution is -0.123. The molecule has 4 heteroatoms. The molecule has 5 aliphatic rings. The third-order valence-electron chi connectivity index (χ3n) is 4.27. The topological polar surface area (TPSA) is 86.2 Å². The van der Waals surface area contributed by atoms with Crippen molar-refractivity contribution in [3.63, 3.8) is 0 Å². The predicted octanol–water partition coefficient (Wildman–Crippen LogP) is 0.868. The maximum atomic E-state index is 12.1. The van der Waals surface area contributed by atoms with Crippen LogP contribution < -0.4 is 11.5 Å². The van der Waals surface area contributed by atoms with E-state index in [1.165, 1.54) is 0 Å². The number of nitrogens with two attached hydrogens (primary N) is 2. The Bertz CT molecular complexity index is 655. The van der Waals surface area contributed by atoms with Crippen LogP contribution in [0.15, 0.2) is 42.0 Å². The van der Waals surface area contributed by atoms with E-state index in [2.05, 4.69) is 0 Å². The first kappa shape index (κ1) is 11.7. The minimum absolute atomic E-state index is 0.359. The average molecular weight is 254 g/mol. The van der Waals surface area contributed by atoms with Gasteiger partial charge in [-0.15, -0.1) is 0 Å². The standard InChI is InChI=1S/C15H14N2O2/c1-8-12(13(16)18)11-6-7-15(8,14(17)19)10-4-2-9(11)3-5-10/h2-8H,1H3,(H2,16,18)(H2,17,19). The molecule has 96 valence electrons. The highest BCUT2D eigenvalue weighted by Crippen LogP contribution is 2.47. The van der Waals surface area contributed by atoms with Crippen LogP contribution in [0.2, 0.25) is 0 Å². The maximum absolute atomic E-state index is 12.1. The Hall–Kier alpha value is -2.36. The van der Waals surface area contributed by atoms with E-state index < -0.39 is 17.2 Å². The van der Waals surface area contributed by atoms with Crippen molar-refractivity contribution in [3.8, 4) is 0 Å². The van der Waals surface area contributed by atoms with Crippen molar-refractivity contribution in [2.45, 2.75) is 12.3 Å². The van der Waals surface area contributed by atoms with Crippen LogP contribution in [-0.2, 0) is 15.0 Å². The summed E-state index contributed by atoms with van der Waals surface area (Å²) in [5.41, 5.74) is 13.1. The molecule has 4 bridgehead atoms. The highest BCUT2D eigenvalue weighted by molar-refractivity contribution is 6.07. The number of amides is 2. The van der Waals surface area contributed by atoms with E-state index in [0.29, 0.717) is 5.57 Å². The summed E-state index contributed by atoms with van der Waals surface area (Å²) in [6.07, 6.45) is 3.58. The lowest BCUT2D eigenvalue weighted by atomic mass is 9.61. The van der Waals surface area contributed by atoms with Crippen molar-refractivity contribution in [2.24, 2.45) is 17.4 Å². The number of rotatable bonds is 2. The largest absolute Gasteiger partial charge is 0.369 e. The Kier molecular flexibility index (Phi) is 2.20. The normalized spacial score (nSPS) is 27.3. The van der Waals surface area contributed by atoms with Gasteiger partial charge in [0.25, 0.3) is 0 Å². The molecule has 0 spiro atoms. The molecule has 0 heterocycles. The predicted molar refractivity (Wildman–Crippen MR) is 71.7 cm³/mol. The zero-order chi connectivity index (χ0) is 13.8. The van der Waals surface area contributed by atoms with Gasteiger partial charge in [0.1, 0.15) is 0 Å². The summed E-state index contributed by atoms with van der Waals surface area (Å²) in [6.45, 7) is 1.82. The van der Waals surface area contributed by atoms with Crippen LogP contribution in [0.1, 0.15) is 18.1 Å². The first-order chi connectivity index (χ1) is 8.98. The molecular weight excluding hydrogens is 240 g/mol. The number of carbonyl (C=O) groups excluding carboxylic acids is 2. The lowest BCUT2D eigenvalue weighted by Gasteiger charge is -2.40. The smallest absolute Gasteiger partial charge is 0.245 e. The molecule has 6 rings (SSSR count). The van der Waals surface area contributed by atoms with Gasteiger partial charge in [-0.3, -0.25) is 9.59 Å². The summed E-state index contributed by atoms with van der Waals surface area (Å²) >= 11 is 0. The molecule has 0 aromatic heterocycles. The molecule has 0 radical (unpaired) electrons. The Labute approximate surface area is 110 Å². The van der Waals surface area contributed by atoms with Crippen LogP contribution in [0.3, 0.4) is 0 Å². The van der Waals surface area contributed by atoms with Gasteiger partial charge in [0.15, 0.2) is 0 Å². The van der Waals surface area contributed by atoms with Crippen LogP contribution in [0.25, 0.3) is 5.57 Å². The van der Waals surface area contributed by atoms with Crippen LogP contribution in [0.4, 0.5) is 0 Å². The molecule has 2 amide bonds. The number of carbonyl (C=O) groups is 2. The van der Waals surface area contributed by atoms with Crippen LogP contribution in [-0.4, -0.2) is 11.8 Å². The molecule has 2 unspecified atom stereocenters. The minimum atomic E-state index is -0.993. The summed E-state index contributed by atoms with van der Waals surface area (Å²) < 4.78 is 0. The minimum Gasteiger partial charge on any atom is -0.369 e. The number of benzene rings is 1. The van der Waals surface area contributed by atoms with Gasteiger partial charge in [0.2, 0.25) is 11.8 Å². The second-order valence-electron chi connectivity index (χ2n) is 5.06. The average Bonchev–Trinajstić information content (AvgIpc) is 2.34. The van der Waals surface area contributed by atoms with E-state index in [-0.39, 0.29) is 5.92 Å². The Morgan fingerprint density at radius 2 is 1.79 bits per heavy atom. The summed E-state index contributed by atoms with van der Waals surface area (Å²) in [7, 11) is 0. The fourth-order valence-electron chi connectivity index (χ4n) is 3.22. The van der Waals surface area contributed by atoms with Crippen LogP contribution >= 0.6 is 0 Å². The molecule has 1 aromatic carbocycles. The molecule has 5 aliphatic carbocycles.